The summed E-state index contributed by atoms with van der Waals surface area (Å²) in [7, 11) is 0. The number of nitrogens with zero attached hydrogens (tertiary/aromatic N) is 4. The van der Waals surface area contributed by atoms with Crippen LogP contribution in [0.3, 0.4) is 0 Å². The van der Waals surface area contributed by atoms with Crippen molar-refractivity contribution in [1.82, 2.24) is 15.2 Å². The number of carbonyl (C=O) groups excluding carboxylic acids is 3. The van der Waals surface area contributed by atoms with Gasteiger partial charge in [-0.3, -0.25) is 34.3 Å². The molecule has 236 valence electrons. The average molecular weight is 617 g/mol. The van der Waals surface area contributed by atoms with Crippen molar-refractivity contribution in [3.05, 3.63) is 93.8 Å². The lowest BCUT2D eigenvalue weighted by Crippen LogP contribution is -2.49. The number of nitro benzene ring substituents is 1. The van der Waals surface area contributed by atoms with Crippen LogP contribution in [-0.4, -0.2) is 69.8 Å². The van der Waals surface area contributed by atoms with Crippen LogP contribution < -0.4 is 15.5 Å². The van der Waals surface area contributed by atoms with Crippen LogP contribution in [0.1, 0.15) is 65.9 Å². The van der Waals surface area contributed by atoms with E-state index in [-0.39, 0.29) is 34.6 Å². The maximum Gasteiger partial charge on any atom is 0.305 e. The van der Waals surface area contributed by atoms with Gasteiger partial charge in [-0.1, -0.05) is 26.8 Å². The van der Waals surface area contributed by atoms with Crippen molar-refractivity contribution < 1.29 is 29.2 Å². The van der Waals surface area contributed by atoms with Crippen LogP contribution >= 0.6 is 0 Å². The van der Waals surface area contributed by atoms with Gasteiger partial charge in [0.1, 0.15) is 0 Å². The summed E-state index contributed by atoms with van der Waals surface area (Å²) in [6, 6.07) is 12.4. The first-order valence-electron chi connectivity index (χ1n) is 14.5. The Morgan fingerprint density at radius 1 is 0.978 bits per heavy atom. The number of anilines is 2. The zero-order chi connectivity index (χ0) is 32.7. The molecule has 0 bridgehead atoms. The summed E-state index contributed by atoms with van der Waals surface area (Å²) >= 11 is 0. The molecule has 1 aromatic heterocycles. The van der Waals surface area contributed by atoms with Crippen molar-refractivity contribution in [2.45, 2.75) is 39.7 Å². The summed E-state index contributed by atoms with van der Waals surface area (Å²) in [6.07, 6.45) is 3.09. The van der Waals surface area contributed by atoms with E-state index in [4.69, 9.17) is 0 Å². The summed E-state index contributed by atoms with van der Waals surface area (Å²) in [5.74, 6) is -2.12. The van der Waals surface area contributed by atoms with Gasteiger partial charge in [0.15, 0.2) is 0 Å². The molecule has 0 spiro atoms. The monoisotopic (exact) mass is 616 g/mol. The molecule has 0 radical (unpaired) electrons. The van der Waals surface area contributed by atoms with Crippen LogP contribution in [-0.2, 0) is 9.59 Å². The number of non-ortho nitro benzene ring substituents is 1. The van der Waals surface area contributed by atoms with E-state index >= 15 is 0 Å². The molecule has 45 heavy (non-hydrogen) atoms. The normalized spacial score (nSPS) is 13.9. The molecule has 3 aromatic rings. The molecule has 4 rings (SSSR count). The van der Waals surface area contributed by atoms with Gasteiger partial charge in [0.25, 0.3) is 17.5 Å². The fourth-order valence-corrected chi connectivity index (χ4v) is 4.99. The minimum Gasteiger partial charge on any atom is -0.481 e. The van der Waals surface area contributed by atoms with Gasteiger partial charge in [0.05, 0.1) is 28.8 Å². The molecular weight excluding hydrogens is 580 g/mol. The van der Waals surface area contributed by atoms with E-state index < -0.39 is 28.7 Å². The minimum atomic E-state index is -1.10. The predicted octanol–water partition coefficient (Wildman–Crippen LogP) is 4.27. The number of pyridine rings is 1. The van der Waals surface area contributed by atoms with Crippen molar-refractivity contribution in [2.24, 2.45) is 5.41 Å². The summed E-state index contributed by atoms with van der Waals surface area (Å²) in [6.45, 7) is 7.98. The number of piperazine rings is 1. The molecule has 3 N–H and O–H groups in total. The molecule has 1 aliphatic rings. The lowest BCUT2D eigenvalue weighted by atomic mass is 9.91. The van der Waals surface area contributed by atoms with Gasteiger partial charge in [-0.25, -0.2) is 0 Å². The molecule has 1 unspecified atom stereocenters. The number of nitro groups is 1. The minimum absolute atomic E-state index is 0.0744. The number of benzene rings is 2. The highest BCUT2D eigenvalue weighted by molar-refractivity contribution is 6.07. The Morgan fingerprint density at radius 2 is 1.64 bits per heavy atom. The zero-order valence-corrected chi connectivity index (χ0v) is 25.4. The van der Waals surface area contributed by atoms with E-state index in [2.05, 4.69) is 15.6 Å². The maximum atomic E-state index is 13.4. The molecule has 3 amide bonds. The topological polar surface area (TPSA) is 175 Å². The Balaban J connectivity index is 1.60. The Bertz CT molecular complexity index is 1560. The Hall–Kier alpha value is -5.33. The number of hydrogen-bond donors (Lipinski definition) is 3. The van der Waals surface area contributed by atoms with Crippen molar-refractivity contribution >= 4 is 40.8 Å². The Morgan fingerprint density at radius 3 is 2.22 bits per heavy atom. The molecule has 2 aromatic carbocycles. The van der Waals surface area contributed by atoms with Crippen molar-refractivity contribution in [1.29, 1.82) is 0 Å². The smallest absolute Gasteiger partial charge is 0.305 e. The lowest BCUT2D eigenvalue weighted by Gasteiger charge is -2.38. The highest BCUT2D eigenvalue weighted by atomic mass is 16.6. The lowest BCUT2D eigenvalue weighted by molar-refractivity contribution is -0.384. The third-order valence-corrected chi connectivity index (χ3v) is 7.27. The number of rotatable bonds is 10. The third kappa shape index (κ3) is 8.85. The molecule has 1 aliphatic heterocycles. The van der Waals surface area contributed by atoms with E-state index in [9.17, 15) is 34.4 Å². The second-order valence-corrected chi connectivity index (χ2v) is 12.0. The first-order valence-corrected chi connectivity index (χ1v) is 14.5. The van der Waals surface area contributed by atoms with Crippen LogP contribution in [0.25, 0.3) is 0 Å². The van der Waals surface area contributed by atoms with E-state index in [0.29, 0.717) is 49.5 Å². The van der Waals surface area contributed by atoms with Crippen LogP contribution in [0, 0.1) is 15.5 Å². The molecule has 2 heterocycles. The zero-order valence-electron chi connectivity index (χ0n) is 25.4. The van der Waals surface area contributed by atoms with Gasteiger partial charge in [-0.15, -0.1) is 0 Å². The number of carboxylic acids is 1. The second kappa shape index (κ2) is 14.0. The number of carboxylic acid groups (broad SMARTS) is 1. The van der Waals surface area contributed by atoms with E-state index in [1.165, 1.54) is 36.5 Å². The van der Waals surface area contributed by atoms with Gasteiger partial charge in [0, 0.05) is 68.3 Å². The van der Waals surface area contributed by atoms with Crippen LogP contribution in [0.4, 0.5) is 17.1 Å². The number of hydrogen-bond acceptors (Lipinski definition) is 8. The molecule has 13 heteroatoms. The number of nitrogens with one attached hydrogen (secondary N) is 2. The standard InChI is InChI=1S/C32H36N6O7/c1-32(2,3)19-28(39)37-15-13-36(14-16-37)27-11-8-22(31(43)34-25(18-29(40)41)23-5-4-12-33-20-23)17-26(27)35-30(42)21-6-9-24(10-7-21)38(44)45/h4-12,17,20,25H,13-16,18-19H2,1-3H3,(H,34,43)(H,35,42)(H,40,41). The average Bonchev–Trinajstić information content (AvgIpc) is 3.00. The van der Waals surface area contributed by atoms with Crippen LogP contribution in [0.5, 0.6) is 0 Å². The first kappa shape index (κ1) is 32.6. The number of carbonyl (C=O) groups is 4. The van der Waals surface area contributed by atoms with Crippen LogP contribution in [0.15, 0.2) is 67.0 Å². The number of aromatic nitrogens is 1. The van der Waals surface area contributed by atoms with E-state index in [1.807, 2.05) is 30.6 Å². The third-order valence-electron chi connectivity index (χ3n) is 7.27. The largest absolute Gasteiger partial charge is 0.481 e. The fourth-order valence-electron chi connectivity index (χ4n) is 4.99. The Labute approximate surface area is 260 Å². The molecule has 0 saturated carbocycles. The molecule has 0 aliphatic carbocycles. The second-order valence-electron chi connectivity index (χ2n) is 12.0. The summed E-state index contributed by atoms with van der Waals surface area (Å²) in [5, 5.41) is 26.1. The van der Waals surface area contributed by atoms with Gasteiger partial charge < -0.3 is 25.5 Å². The molecule has 1 atom stereocenters. The van der Waals surface area contributed by atoms with Gasteiger partial charge in [-0.05, 0) is 47.4 Å². The molecule has 13 nitrogen and oxygen atoms in total. The summed E-state index contributed by atoms with van der Waals surface area (Å²) < 4.78 is 0. The van der Waals surface area contributed by atoms with Crippen molar-refractivity contribution in [3.8, 4) is 0 Å². The molecule has 1 saturated heterocycles. The first-order chi connectivity index (χ1) is 21.3. The van der Waals surface area contributed by atoms with Gasteiger partial charge >= 0.3 is 5.97 Å². The number of aliphatic carboxylic acids is 1. The quantitative estimate of drug-likeness (QED) is 0.222. The fraction of sp³-hybridized carbons (Fsp3) is 0.344. The summed E-state index contributed by atoms with van der Waals surface area (Å²) in [4.78, 5) is 69.3. The summed E-state index contributed by atoms with van der Waals surface area (Å²) in [5.41, 5.74) is 1.52. The van der Waals surface area contributed by atoms with Crippen molar-refractivity contribution in [2.75, 3.05) is 36.4 Å². The Kier molecular flexibility index (Phi) is 10.1. The van der Waals surface area contributed by atoms with E-state index in [0.717, 1.165) is 0 Å². The maximum absolute atomic E-state index is 13.4. The highest BCUT2D eigenvalue weighted by Crippen LogP contribution is 2.30. The SMILES string of the molecule is CC(C)(C)CC(=O)N1CCN(c2ccc(C(=O)NC(CC(=O)O)c3cccnc3)cc2NC(=O)c2ccc([N+](=O)[O-])cc2)CC1. The van der Waals surface area contributed by atoms with Crippen molar-refractivity contribution in [3.63, 3.8) is 0 Å². The number of amides is 3. The van der Waals surface area contributed by atoms with Gasteiger partial charge in [0.2, 0.25) is 5.91 Å². The molecular formula is C32H36N6O7. The molecule has 1 fully saturated rings. The van der Waals surface area contributed by atoms with Crippen LogP contribution in [0.2, 0.25) is 0 Å². The van der Waals surface area contributed by atoms with Gasteiger partial charge in [-0.2, -0.15) is 0 Å². The van der Waals surface area contributed by atoms with E-state index in [1.54, 1.807) is 30.5 Å². The predicted molar refractivity (Wildman–Crippen MR) is 167 cm³/mol. The highest BCUT2D eigenvalue weighted by Gasteiger charge is 2.27.